The number of fused-ring (bicyclic) bond motifs is 2. The van der Waals surface area contributed by atoms with Gasteiger partial charge in [-0.25, -0.2) is 14.8 Å². The Morgan fingerprint density at radius 1 is 1.10 bits per heavy atom. The normalized spacial score (nSPS) is 16.9. The second kappa shape index (κ2) is 10.7. The average molecular weight is 561 g/mol. The van der Waals surface area contributed by atoms with Crippen LogP contribution in [-0.2, 0) is 9.47 Å². The van der Waals surface area contributed by atoms with Gasteiger partial charge >= 0.3 is 6.09 Å². The van der Waals surface area contributed by atoms with E-state index in [0.29, 0.717) is 69.3 Å². The third-order valence-electron chi connectivity index (χ3n) is 7.53. The number of carbonyl (C=O) groups is 2. The number of aromatic nitrogens is 5. The molecule has 1 aromatic carbocycles. The topological polar surface area (TPSA) is 130 Å². The smallest absolute Gasteiger partial charge is 0.410 e. The lowest BCUT2D eigenvalue weighted by Gasteiger charge is -2.33. The molecule has 12 nitrogen and oxygen atoms in total. The van der Waals surface area contributed by atoms with Crippen LogP contribution in [0.2, 0.25) is 0 Å². The van der Waals surface area contributed by atoms with Crippen molar-refractivity contribution >= 4 is 34.4 Å². The predicted molar refractivity (Wildman–Crippen MR) is 154 cm³/mol. The molecular formula is C29H36N8O4. The zero-order chi connectivity index (χ0) is 28.7. The van der Waals surface area contributed by atoms with Gasteiger partial charge in [-0.1, -0.05) is 12.1 Å². The average Bonchev–Trinajstić information content (AvgIpc) is 3.56. The summed E-state index contributed by atoms with van der Waals surface area (Å²) in [5.41, 5.74) is 3.76. The van der Waals surface area contributed by atoms with E-state index in [1.54, 1.807) is 11.1 Å². The Morgan fingerprint density at radius 2 is 1.85 bits per heavy atom. The monoisotopic (exact) mass is 560 g/mol. The number of ether oxygens (including phenoxy) is 2. The number of benzene rings is 1. The third-order valence-corrected chi connectivity index (χ3v) is 7.53. The number of morpholine rings is 1. The van der Waals surface area contributed by atoms with Crippen molar-refractivity contribution in [3.05, 3.63) is 42.0 Å². The molecule has 0 unspecified atom stereocenters. The van der Waals surface area contributed by atoms with Crippen LogP contribution in [0.15, 0.2) is 30.6 Å². The van der Waals surface area contributed by atoms with Gasteiger partial charge in [-0.15, -0.1) is 0 Å². The fourth-order valence-corrected chi connectivity index (χ4v) is 5.51. The van der Waals surface area contributed by atoms with E-state index in [9.17, 15) is 9.59 Å². The number of hydrogen-bond donors (Lipinski definition) is 2. The Labute approximate surface area is 238 Å². The highest BCUT2D eigenvalue weighted by Gasteiger charge is 2.30. The van der Waals surface area contributed by atoms with Gasteiger partial charge in [-0.05, 0) is 46.6 Å². The molecule has 2 aliphatic rings. The van der Waals surface area contributed by atoms with Crippen LogP contribution in [0.1, 0.15) is 49.8 Å². The SMILES string of the molecule is Cc1nc2c(N3CCOCC3)nc(-c3cccc4[nH]ncc34)cn2c1C(=O)NC1CCN(C(=O)OC(C)(C)C)CC1. The summed E-state index contributed by atoms with van der Waals surface area (Å²) in [7, 11) is 0. The molecule has 216 valence electrons. The van der Waals surface area contributed by atoms with E-state index < -0.39 is 5.60 Å². The number of aromatic amines is 1. The van der Waals surface area contributed by atoms with Crippen LogP contribution in [0.5, 0.6) is 0 Å². The van der Waals surface area contributed by atoms with Crippen molar-refractivity contribution in [1.82, 2.24) is 34.8 Å². The predicted octanol–water partition coefficient (Wildman–Crippen LogP) is 3.55. The summed E-state index contributed by atoms with van der Waals surface area (Å²) in [5.74, 6) is 0.524. The Morgan fingerprint density at radius 3 is 2.59 bits per heavy atom. The number of nitrogens with one attached hydrogen (secondary N) is 2. The molecule has 4 aromatic rings. The molecule has 0 saturated carbocycles. The fourth-order valence-electron chi connectivity index (χ4n) is 5.51. The second-order valence-corrected chi connectivity index (χ2v) is 11.6. The first-order valence-electron chi connectivity index (χ1n) is 14.1. The van der Waals surface area contributed by atoms with Crippen molar-refractivity contribution in [3.63, 3.8) is 0 Å². The maximum Gasteiger partial charge on any atom is 0.410 e. The summed E-state index contributed by atoms with van der Waals surface area (Å²) < 4.78 is 13.0. The Kier molecular flexibility index (Phi) is 7.02. The molecule has 12 heteroatoms. The maximum absolute atomic E-state index is 13.8. The van der Waals surface area contributed by atoms with E-state index in [0.717, 1.165) is 28.0 Å². The first-order chi connectivity index (χ1) is 19.7. The molecule has 0 aliphatic carbocycles. The van der Waals surface area contributed by atoms with Crippen molar-refractivity contribution in [2.45, 2.75) is 52.2 Å². The highest BCUT2D eigenvalue weighted by Crippen LogP contribution is 2.31. The van der Waals surface area contributed by atoms with Gasteiger partial charge in [0.15, 0.2) is 11.5 Å². The molecule has 0 bridgehead atoms. The van der Waals surface area contributed by atoms with Crippen LogP contribution in [0.25, 0.3) is 27.8 Å². The van der Waals surface area contributed by atoms with Crippen LogP contribution in [0.4, 0.5) is 10.6 Å². The van der Waals surface area contributed by atoms with E-state index in [-0.39, 0.29) is 18.0 Å². The number of rotatable bonds is 4. The van der Waals surface area contributed by atoms with Crippen molar-refractivity contribution in [3.8, 4) is 11.3 Å². The number of piperidine rings is 1. The molecular weight excluding hydrogens is 524 g/mol. The highest BCUT2D eigenvalue weighted by atomic mass is 16.6. The van der Waals surface area contributed by atoms with E-state index >= 15 is 0 Å². The largest absolute Gasteiger partial charge is 0.444 e. The zero-order valence-electron chi connectivity index (χ0n) is 23.9. The maximum atomic E-state index is 13.8. The van der Waals surface area contributed by atoms with Crippen molar-refractivity contribution in [1.29, 1.82) is 0 Å². The molecule has 0 radical (unpaired) electrons. The van der Waals surface area contributed by atoms with E-state index in [1.807, 2.05) is 56.5 Å². The summed E-state index contributed by atoms with van der Waals surface area (Å²) in [6.07, 6.45) is 4.66. The van der Waals surface area contributed by atoms with Gasteiger partial charge in [0.05, 0.1) is 36.3 Å². The number of likely N-dealkylation sites (tertiary alicyclic amines) is 1. The number of hydrogen-bond acceptors (Lipinski definition) is 8. The summed E-state index contributed by atoms with van der Waals surface area (Å²) in [6, 6.07) is 5.89. The fraction of sp³-hybridized carbons (Fsp3) is 0.483. The van der Waals surface area contributed by atoms with Crippen LogP contribution in [0, 0.1) is 6.92 Å². The van der Waals surface area contributed by atoms with Crippen molar-refractivity contribution < 1.29 is 19.1 Å². The molecule has 0 atom stereocenters. The molecule has 0 spiro atoms. The third kappa shape index (κ3) is 5.43. The summed E-state index contributed by atoms with van der Waals surface area (Å²) in [5, 5.41) is 11.4. The minimum absolute atomic E-state index is 0.0640. The number of anilines is 1. The Balaban J connectivity index is 1.31. The minimum Gasteiger partial charge on any atom is -0.444 e. The van der Waals surface area contributed by atoms with Gasteiger partial charge in [-0.3, -0.25) is 14.3 Å². The van der Waals surface area contributed by atoms with Crippen LogP contribution in [-0.4, -0.2) is 92.5 Å². The lowest BCUT2D eigenvalue weighted by molar-refractivity contribution is 0.0199. The molecule has 41 heavy (non-hydrogen) atoms. The van der Waals surface area contributed by atoms with E-state index in [2.05, 4.69) is 20.4 Å². The number of aryl methyl sites for hydroxylation is 1. The summed E-state index contributed by atoms with van der Waals surface area (Å²) >= 11 is 0. The molecule has 2 fully saturated rings. The first-order valence-corrected chi connectivity index (χ1v) is 14.1. The number of H-pyrrole nitrogens is 1. The van der Waals surface area contributed by atoms with Gasteiger partial charge in [-0.2, -0.15) is 5.10 Å². The van der Waals surface area contributed by atoms with Gasteiger partial charge in [0.1, 0.15) is 11.3 Å². The molecule has 2 amide bonds. The molecule has 3 aromatic heterocycles. The zero-order valence-corrected chi connectivity index (χ0v) is 23.9. The second-order valence-electron chi connectivity index (χ2n) is 11.6. The van der Waals surface area contributed by atoms with Gasteiger partial charge in [0.25, 0.3) is 5.91 Å². The van der Waals surface area contributed by atoms with Crippen LogP contribution < -0.4 is 10.2 Å². The molecule has 2 saturated heterocycles. The molecule has 6 rings (SSSR count). The lowest BCUT2D eigenvalue weighted by Crippen LogP contribution is -2.48. The number of carbonyl (C=O) groups excluding carboxylic acids is 2. The molecule has 2 N–H and O–H groups in total. The number of imidazole rings is 1. The van der Waals surface area contributed by atoms with Crippen molar-refractivity contribution in [2.24, 2.45) is 0 Å². The lowest BCUT2D eigenvalue weighted by atomic mass is 10.1. The highest BCUT2D eigenvalue weighted by molar-refractivity contribution is 5.97. The first kappa shape index (κ1) is 27.0. The Bertz CT molecular complexity index is 1590. The van der Waals surface area contributed by atoms with Crippen LogP contribution >= 0.6 is 0 Å². The van der Waals surface area contributed by atoms with E-state index in [1.165, 1.54) is 0 Å². The quantitative estimate of drug-likeness (QED) is 0.388. The molecule has 5 heterocycles. The van der Waals surface area contributed by atoms with Crippen molar-refractivity contribution in [2.75, 3.05) is 44.3 Å². The van der Waals surface area contributed by atoms with Gasteiger partial charge in [0.2, 0.25) is 0 Å². The van der Waals surface area contributed by atoms with Crippen LogP contribution in [0.3, 0.4) is 0 Å². The number of amides is 2. The van der Waals surface area contributed by atoms with Gasteiger partial charge in [0, 0.05) is 49.4 Å². The summed E-state index contributed by atoms with van der Waals surface area (Å²) in [4.78, 5) is 40.0. The Hall–Kier alpha value is -4.19. The van der Waals surface area contributed by atoms with E-state index in [4.69, 9.17) is 19.4 Å². The summed E-state index contributed by atoms with van der Waals surface area (Å²) in [6.45, 7) is 11.1. The van der Waals surface area contributed by atoms with Gasteiger partial charge < -0.3 is 24.6 Å². The standard InChI is InChI=1S/C29H36N8O4/c1-18-24(27(38)32-19-8-10-36(11-9-19)28(39)41-29(2,3)4)37-17-23(20-6-5-7-22-21(20)16-30-34-22)33-25(26(37)31-18)35-12-14-40-15-13-35/h5-7,16-17,19H,8-15H2,1-4H3,(H,30,34)(H,32,38). The number of nitrogens with zero attached hydrogens (tertiary/aromatic N) is 6. The molecule has 2 aliphatic heterocycles. The minimum atomic E-state index is -0.542.